The molecule has 0 unspecified atom stereocenters. The summed E-state index contributed by atoms with van der Waals surface area (Å²) in [6, 6.07) is 10.1. The summed E-state index contributed by atoms with van der Waals surface area (Å²) in [6.45, 7) is 6.07. The first kappa shape index (κ1) is 11.7. The molecule has 96 valence electrons. The molecular weight excluding hydrogens is 236 g/mol. The van der Waals surface area contributed by atoms with E-state index < -0.39 is 0 Å². The predicted octanol–water partition coefficient (Wildman–Crippen LogP) is 2.93. The van der Waals surface area contributed by atoms with E-state index in [9.17, 15) is 0 Å². The molecule has 0 saturated heterocycles. The first-order chi connectivity index (χ1) is 9.06. The Hall–Kier alpha value is -2.36. The number of hydrogen-bond acceptors (Lipinski definition) is 3. The second-order valence-electron chi connectivity index (χ2n) is 4.89. The maximum Gasteiger partial charge on any atom is 0.156 e. The van der Waals surface area contributed by atoms with Crippen molar-refractivity contribution in [2.75, 3.05) is 5.73 Å². The summed E-state index contributed by atoms with van der Waals surface area (Å²) >= 11 is 0. The molecule has 2 N–H and O–H groups in total. The highest BCUT2D eigenvalue weighted by molar-refractivity contribution is 5.85. The number of para-hydroxylation sites is 1. The molecule has 0 atom stereocenters. The zero-order valence-electron chi connectivity index (χ0n) is 11.3. The molecule has 2 heterocycles. The quantitative estimate of drug-likeness (QED) is 0.724. The highest BCUT2D eigenvalue weighted by atomic mass is 15.3. The van der Waals surface area contributed by atoms with Crippen molar-refractivity contribution in [2.24, 2.45) is 0 Å². The van der Waals surface area contributed by atoms with Gasteiger partial charge in [-0.05, 0) is 38.0 Å². The van der Waals surface area contributed by atoms with Crippen molar-refractivity contribution in [3.05, 3.63) is 47.2 Å². The van der Waals surface area contributed by atoms with Crippen LogP contribution in [0.5, 0.6) is 0 Å². The van der Waals surface area contributed by atoms with Crippen LogP contribution in [0.1, 0.15) is 16.8 Å². The SMILES string of the molecule is Cc1cc(N)n(-c2cc(C)c3cccc(C)c3n2)n1. The van der Waals surface area contributed by atoms with E-state index in [0.29, 0.717) is 5.82 Å². The number of fused-ring (bicyclic) bond motifs is 1. The standard InChI is InChI=1S/C15H16N4/c1-9-5-4-6-12-10(2)7-14(17-15(9)12)19-13(16)8-11(3)18-19/h4-8H,16H2,1-3H3. The van der Waals surface area contributed by atoms with Crippen molar-refractivity contribution in [1.29, 1.82) is 0 Å². The molecule has 0 fully saturated rings. The largest absolute Gasteiger partial charge is 0.384 e. The predicted molar refractivity (Wildman–Crippen MR) is 77.5 cm³/mol. The van der Waals surface area contributed by atoms with Crippen LogP contribution >= 0.6 is 0 Å². The zero-order valence-corrected chi connectivity index (χ0v) is 11.3. The zero-order chi connectivity index (χ0) is 13.6. The van der Waals surface area contributed by atoms with Crippen LogP contribution in [-0.2, 0) is 0 Å². The van der Waals surface area contributed by atoms with E-state index in [2.05, 4.69) is 37.1 Å². The molecule has 4 heteroatoms. The summed E-state index contributed by atoms with van der Waals surface area (Å²) in [5.74, 6) is 1.38. The van der Waals surface area contributed by atoms with Crippen LogP contribution in [0.4, 0.5) is 5.82 Å². The van der Waals surface area contributed by atoms with Crippen molar-refractivity contribution < 1.29 is 0 Å². The Morgan fingerprint density at radius 1 is 1.05 bits per heavy atom. The monoisotopic (exact) mass is 252 g/mol. The third kappa shape index (κ3) is 1.85. The minimum absolute atomic E-state index is 0.609. The number of hydrogen-bond donors (Lipinski definition) is 1. The maximum absolute atomic E-state index is 5.97. The smallest absolute Gasteiger partial charge is 0.156 e. The lowest BCUT2D eigenvalue weighted by Crippen LogP contribution is -2.05. The minimum atomic E-state index is 0.609. The number of nitrogens with zero attached hydrogens (tertiary/aromatic N) is 3. The molecule has 0 saturated carbocycles. The molecule has 2 aromatic heterocycles. The van der Waals surface area contributed by atoms with Gasteiger partial charge in [-0.1, -0.05) is 18.2 Å². The first-order valence-electron chi connectivity index (χ1n) is 6.26. The molecule has 4 nitrogen and oxygen atoms in total. The maximum atomic E-state index is 5.97. The van der Waals surface area contributed by atoms with Crippen LogP contribution in [0.2, 0.25) is 0 Å². The number of aryl methyl sites for hydroxylation is 3. The van der Waals surface area contributed by atoms with Crippen molar-refractivity contribution in [1.82, 2.24) is 14.8 Å². The van der Waals surface area contributed by atoms with Gasteiger partial charge < -0.3 is 5.73 Å². The van der Waals surface area contributed by atoms with Crippen LogP contribution in [0.15, 0.2) is 30.3 Å². The van der Waals surface area contributed by atoms with Gasteiger partial charge in [-0.25, -0.2) is 4.98 Å². The summed E-state index contributed by atoms with van der Waals surface area (Å²) < 4.78 is 1.69. The van der Waals surface area contributed by atoms with Crippen molar-refractivity contribution >= 4 is 16.7 Å². The lowest BCUT2D eigenvalue weighted by atomic mass is 10.1. The summed E-state index contributed by atoms with van der Waals surface area (Å²) in [5.41, 5.74) is 10.2. The summed E-state index contributed by atoms with van der Waals surface area (Å²) in [7, 11) is 0. The lowest BCUT2D eigenvalue weighted by Gasteiger charge is -2.09. The van der Waals surface area contributed by atoms with Crippen molar-refractivity contribution in [3.63, 3.8) is 0 Å². The summed E-state index contributed by atoms with van der Waals surface area (Å²) in [5, 5.41) is 5.56. The van der Waals surface area contributed by atoms with Crippen LogP contribution < -0.4 is 5.73 Å². The lowest BCUT2D eigenvalue weighted by molar-refractivity contribution is 0.845. The van der Waals surface area contributed by atoms with Gasteiger partial charge >= 0.3 is 0 Å². The second kappa shape index (κ2) is 4.09. The normalized spacial score (nSPS) is 11.1. The number of benzene rings is 1. The Bertz CT molecular complexity index is 771. The van der Waals surface area contributed by atoms with E-state index in [0.717, 1.165) is 22.6 Å². The van der Waals surface area contributed by atoms with Crippen molar-refractivity contribution in [3.8, 4) is 5.82 Å². The third-order valence-electron chi connectivity index (χ3n) is 3.31. The Balaban J connectivity index is 2.32. The Morgan fingerprint density at radius 2 is 1.84 bits per heavy atom. The molecule has 0 aliphatic rings. The van der Waals surface area contributed by atoms with E-state index >= 15 is 0 Å². The summed E-state index contributed by atoms with van der Waals surface area (Å²) in [6.07, 6.45) is 0. The van der Waals surface area contributed by atoms with E-state index in [1.54, 1.807) is 4.68 Å². The highest BCUT2D eigenvalue weighted by Crippen LogP contribution is 2.23. The topological polar surface area (TPSA) is 56.7 Å². The molecule has 0 aliphatic heterocycles. The van der Waals surface area contributed by atoms with Gasteiger partial charge in [0, 0.05) is 11.5 Å². The molecule has 19 heavy (non-hydrogen) atoms. The molecule has 0 bridgehead atoms. The molecule has 0 spiro atoms. The third-order valence-corrected chi connectivity index (χ3v) is 3.31. The molecule has 3 rings (SSSR count). The fourth-order valence-electron chi connectivity index (χ4n) is 2.36. The molecule has 0 aliphatic carbocycles. The molecule has 3 aromatic rings. The van der Waals surface area contributed by atoms with Crippen LogP contribution in [0.25, 0.3) is 16.7 Å². The van der Waals surface area contributed by atoms with Gasteiger partial charge in [0.2, 0.25) is 0 Å². The number of nitrogens with two attached hydrogens (primary N) is 1. The number of nitrogen functional groups attached to an aromatic ring is 1. The average molecular weight is 252 g/mol. The van der Waals surface area contributed by atoms with E-state index in [4.69, 9.17) is 10.7 Å². The van der Waals surface area contributed by atoms with Gasteiger partial charge in [0.1, 0.15) is 5.82 Å². The average Bonchev–Trinajstić information content (AvgIpc) is 2.70. The van der Waals surface area contributed by atoms with Crippen molar-refractivity contribution in [2.45, 2.75) is 20.8 Å². The van der Waals surface area contributed by atoms with Crippen LogP contribution in [-0.4, -0.2) is 14.8 Å². The van der Waals surface area contributed by atoms with Gasteiger partial charge in [-0.3, -0.25) is 0 Å². The van der Waals surface area contributed by atoms with Crippen LogP contribution in [0, 0.1) is 20.8 Å². The van der Waals surface area contributed by atoms with Gasteiger partial charge in [0.25, 0.3) is 0 Å². The minimum Gasteiger partial charge on any atom is -0.384 e. The summed E-state index contributed by atoms with van der Waals surface area (Å²) in [4.78, 5) is 4.70. The number of rotatable bonds is 1. The number of anilines is 1. The highest BCUT2D eigenvalue weighted by Gasteiger charge is 2.09. The van der Waals surface area contributed by atoms with Gasteiger partial charge in [-0.15, -0.1) is 0 Å². The molecule has 1 aromatic carbocycles. The molecule has 0 amide bonds. The fourth-order valence-corrected chi connectivity index (χ4v) is 2.36. The number of pyridine rings is 1. The Kier molecular flexibility index (Phi) is 2.52. The van der Waals surface area contributed by atoms with E-state index in [-0.39, 0.29) is 0 Å². The second-order valence-corrected chi connectivity index (χ2v) is 4.89. The Morgan fingerprint density at radius 3 is 2.53 bits per heavy atom. The van der Waals surface area contributed by atoms with Gasteiger partial charge in [0.15, 0.2) is 5.82 Å². The fraction of sp³-hybridized carbons (Fsp3) is 0.200. The van der Waals surface area contributed by atoms with Gasteiger partial charge in [0.05, 0.1) is 11.2 Å². The van der Waals surface area contributed by atoms with E-state index in [1.807, 2.05) is 19.1 Å². The molecular formula is C15H16N4. The first-order valence-corrected chi connectivity index (χ1v) is 6.26. The Labute approximate surface area is 111 Å². The van der Waals surface area contributed by atoms with Crippen LogP contribution in [0.3, 0.4) is 0 Å². The van der Waals surface area contributed by atoms with Gasteiger partial charge in [-0.2, -0.15) is 9.78 Å². The van der Waals surface area contributed by atoms with E-state index in [1.165, 1.54) is 10.9 Å². The molecule has 0 radical (unpaired) electrons. The number of aromatic nitrogens is 3.